The van der Waals surface area contributed by atoms with Gasteiger partial charge in [0.2, 0.25) is 0 Å². The number of benzene rings is 2. The molecule has 0 aliphatic heterocycles. The first kappa shape index (κ1) is 16.3. The summed E-state index contributed by atoms with van der Waals surface area (Å²) in [5.41, 5.74) is 4.26. The van der Waals surface area contributed by atoms with E-state index < -0.39 is 0 Å². The predicted octanol–water partition coefficient (Wildman–Crippen LogP) is 5.64. The van der Waals surface area contributed by atoms with Crippen molar-refractivity contribution in [2.75, 3.05) is 5.32 Å². The molecule has 130 valence electrons. The van der Waals surface area contributed by atoms with Crippen LogP contribution < -0.4 is 5.32 Å². The summed E-state index contributed by atoms with van der Waals surface area (Å²) in [6.45, 7) is 3.87. The molecule has 0 fully saturated rings. The maximum atomic E-state index is 14.5. The predicted molar refractivity (Wildman–Crippen MR) is 99.7 cm³/mol. The number of rotatable bonds is 3. The van der Waals surface area contributed by atoms with Gasteiger partial charge in [0, 0.05) is 16.9 Å². The quantitative estimate of drug-likeness (QED) is 0.519. The normalized spacial score (nSPS) is 11.1. The fourth-order valence-corrected chi connectivity index (χ4v) is 3.05. The third kappa shape index (κ3) is 2.81. The Morgan fingerprint density at radius 1 is 0.923 bits per heavy atom. The Morgan fingerprint density at radius 2 is 1.69 bits per heavy atom. The maximum Gasteiger partial charge on any atom is 0.143 e. The zero-order valence-corrected chi connectivity index (χ0v) is 14.4. The molecule has 0 atom stereocenters. The summed E-state index contributed by atoms with van der Waals surface area (Å²) in [6, 6.07) is 16.7. The number of nitrogens with zero attached hydrogens (tertiary/aromatic N) is 2. The molecule has 2 heterocycles. The molecule has 0 saturated carbocycles. The maximum absolute atomic E-state index is 14.5. The highest BCUT2D eigenvalue weighted by Crippen LogP contribution is 2.34. The van der Waals surface area contributed by atoms with Crippen LogP contribution >= 0.6 is 0 Å². The molecule has 3 nitrogen and oxygen atoms in total. The van der Waals surface area contributed by atoms with Crippen LogP contribution in [0.15, 0.2) is 60.7 Å². The van der Waals surface area contributed by atoms with E-state index in [1.165, 1.54) is 18.2 Å². The number of pyridine rings is 1. The van der Waals surface area contributed by atoms with Gasteiger partial charge in [0.25, 0.3) is 0 Å². The van der Waals surface area contributed by atoms with Gasteiger partial charge in [0.05, 0.1) is 0 Å². The molecule has 4 aromatic rings. The van der Waals surface area contributed by atoms with Crippen LogP contribution in [-0.2, 0) is 0 Å². The molecule has 0 bridgehead atoms. The van der Waals surface area contributed by atoms with E-state index in [4.69, 9.17) is 0 Å². The molecule has 4 rings (SSSR count). The standard InChI is InChI=1S/C21H17F2N3/c1-13-6-11-18(23)17(12-13)20-21(24-16-9-7-15(22)8-10-16)26-14(2)4-3-5-19(26)25-20/h3-12,24H,1-2H3. The van der Waals surface area contributed by atoms with Gasteiger partial charge >= 0.3 is 0 Å². The number of nitrogens with one attached hydrogen (secondary N) is 1. The summed E-state index contributed by atoms with van der Waals surface area (Å²) >= 11 is 0. The number of hydrogen-bond acceptors (Lipinski definition) is 2. The van der Waals surface area contributed by atoms with Gasteiger partial charge in [0.1, 0.15) is 28.8 Å². The average molecular weight is 349 g/mol. The number of hydrogen-bond donors (Lipinski definition) is 1. The minimum Gasteiger partial charge on any atom is -0.339 e. The Hall–Kier alpha value is -3.21. The van der Waals surface area contributed by atoms with Crippen molar-refractivity contribution in [3.05, 3.63) is 83.6 Å². The molecule has 1 N–H and O–H groups in total. The van der Waals surface area contributed by atoms with Crippen LogP contribution in [0.3, 0.4) is 0 Å². The number of anilines is 2. The first-order chi connectivity index (χ1) is 12.5. The SMILES string of the molecule is Cc1ccc(F)c(-c2nc3cccc(C)n3c2Nc2ccc(F)cc2)c1. The summed E-state index contributed by atoms with van der Waals surface area (Å²) in [7, 11) is 0. The molecule has 0 unspecified atom stereocenters. The molecular weight excluding hydrogens is 332 g/mol. The molecular formula is C21H17F2N3. The fourth-order valence-electron chi connectivity index (χ4n) is 3.05. The van der Waals surface area contributed by atoms with Gasteiger partial charge in [-0.2, -0.15) is 0 Å². The molecule has 26 heavy (non-hydrogen) atoms. The Balaban J connectivity index is 1.96. The Labute approximate surface area is 149 Å². The smallest absolute Gasteiger partial charge is 0.143 e. The number of imidazole rings is 1. The van der Waals surface area contributed by atoms with Crippen LogP contribution in [0.4, 0.5) is 20.3 Å². The van der Waals surface area contributed by atoms with Crippen LogP contribution in [0.25, 0.3) is 16.9 Å². The van der Waals surface area contributed by atoms with E-state index in [2.05, 4.69) is 10.3 Å². The summed E-state index contributed by atoms with van der Waals surface area (Å²) in [5, 5.41) is 3.28. The first-order valence-electron chi connectivity index (χ1n) is 8.30. The summed E-state index contributed by atoms with van der Waals surface area (Å²) in [6.07, 6.45) is 0. The molecule has 0 radical (unpaired) electrons. The van der Waals surface area contributed by atoms with Gasteiger partial charge in [-0.1, -0.05) is 17.7 Å². The van der Waals surface area contributed by atoms with Crippen molar-refractivity contribution in [3.8, 4) is 11.3 Å². The van der Waals surface area contributed by atoms with Gasteiger partial charge in [-0.25, -0.2) is 13.8 Å². The van der Waals surface area contributed by atoms with E-state index in [0.29, 0.717) is 28.4 Å². The van der Waals surface area contributed by atoms with E-state index >= 15 is 0 Å². The highest BCUT2D eigenvalue weighted by atomic mass is 19.1. The first-order valence-corrected chi connectivity index (χ1v) is 8.30. The van der Waals surface area contributed by atoms with Gasteiger partial charge in [0.15, 0.2) is 0 Å². The highest BCUT2D eigenvalue weighted by Gasteiger charge is 2.18. The van der Waals surface area contributed by atoms with E-state index in [0.717, 1.165) is 11.3 Å². The van der Waals surface area contributed by atoms with Crippen LogP contribution in [0.1, 0.15) is 11.3 Å². The van der Waals surface area contributed by atoms with Gasteiger partial charge in [-0.05, 0) is 62.4 Å². The second-order valence-electron chi connectivity index (χ2n) is 6.28. The lowest BCUT2D eigenvalue weighted by Crippen LogP contribution is -2.00. The number of aromatic nitrogens is 2. The summed E-state index contributed by atoms with van der Waals surface area (Å²) in [5.74, 6) is 0.00264. The zero-order valence-electron chi connectivity index (χ0n) is 14.4. The molecule has 2 aromatic carbocycles. The van der Waals surface area contributed by atoms with Gasteiger partial charge < -0.3 is 5.32 Å². The van der Waals surface area contributed by atoms with E-state index in [-0.39, 0.29) is 11.6 Å². The second kappa shape index (κ2) is 6.26. The summed E-state index contributed by atoms with van der Waals surface area (Å²) in [4.78, 5) is 4.65. The van der Waals surface area contributed by atoms with Crippen LogP contribution in [0, 0.1) is 25.5 Å². The topological polar surface area (TPSA) is 29.3 Å². The van der Waals surface area contributed by atoms with Crippen LogP contribution in [0.5, 0.6) is 0 Å². The minimum absolute atomic E-state index is 0.310. The number of aryl methyl sites for hydroxylation is 2. The lowest BCUT2D eigenvalue weighted by atomic mass is 10.1. The Kier molecular flexibility index (Phi) is 3.92. The number of halogens is 2. The van der Waals surface area contributed by atoms with Crippen molar-refractivity contribution >= 4 is 17.2 Å². The summed E-state index contributed by atoms with van der Waals surface area (Å²) < 4.78 is 29.7. The second-order valence-corrected chi connectivity index (χ2v) is 6.28. The monoisotopic (exact) mass is 349 g/mol. The number of fused-ring (bicyclic) bond motifs is 1. The lowest BCUT2D eigenvalue weighted by Gasteiger charge is -2.11. The lowest BCUT2D eigenvalue weighted by molar-refractivity contribution is 0.628. The average Bonchev–Trinajstić information content (AvgIpc) is 2.99. The van der Waals surface area contributed by atoms with Crippen LogP contribution in [0.2, 0.25) is 0 Å². The molecule has 0 saturated heterocycles. The minimum atomic E-state index is -0.334. The third-order valence-electron chi connectivity index (χ3n) is 4.32. The Morgan fingerprint density at radius 3 is 2.46 bits per heavy atom. The Bertz CT molecular complexity index is 1100. The zero-order chi connectivity index (χ0) is 18.3. The van der Waals surface area contributed by atoms with Crippen LogP contribution in [-0.4, -0.2) is 9.38 Å². The van der Waals surface area contributed by atoms with E-state index in [1.807, 2.05) is 36.4 Å². The van der Waals surface area contributed by atoms with E-state index in [9.17, 15) is 8.78 Å². The van der Waals surface area contributed by atoms with Crippen molar-refractivity contribution in [1.82, 2.24) is 9.38 Å². The van der Waals surface area contributed by atoms with Gasteiger partial charge in [-0.15, -0.1) is 0 Å². The van der Waals surface area contributed by atoms with Crippen molar-refractivity contribution in [2.24, 2.45) is 0 Å². The van der Waals surface area contributed by atoms with Crippen molar-refractivity contribution in [2.45, 2.75) is 13.8 Å². The molecule has 0 spiro atoms. The third-order valence-corrected chi connectivity index (χ3v) is 4.32. The molecule has 2 aromatic heterocycles. The highest BCUT2D eigenvalue weighted by molar-refractivity contribution is 5.80. The molecule has 5 heteroatoms. The molecule has 0 amide bonds. The largest absolute Gasteiger partial charge is 0.339 e. The van der Waals surface area contributed by atoms with Gasteiger partial charge in [-0.3, -0.25) is 4.40 Å². The molecule has 0 aliphatic rings. The van der Waals surface area contributed by atoms with Crippen molar-refractivity contribution in [3.63, 3.8) is 0 Å². The molecule has 0 aliphatic carbocycles. The van der Waals surface area contributed by atoms with Crippen molar-refractivity contribution in [1.29, 1.82) is 0 Å². The van der Waals surface area contributed by atoms with E-state index in [1.54, 1.807) is 24.3 Å². The van der Waals surface area contributed by atoms with Crippen molar-refractivity contribution < 1.29 is 8.78 Å². The fraction of sp³-hybridized carbons (Fsp3) is 0.0952.